The third kappa shape index (κ3) is 3.79. The highest BCUT2D eigenvalue weighted by molar-refractivity contribution is 5.95. The van der Waals surface area contributed by atoms with Crippen LogP contribution in [0.15, 0.2) is 18.5 Å². The second kappa shape index (κ2) is 5.34. The third-order valence-electron chi connectivity index (χ3n) is 1.73. The molecule has 1 heterocycles. The zero-order chi connectivity index (χ0) is 12.9. The molecule has 1 aromatic heterocycles. The lowest BCUT2D eigenvalue weighted by Crippen LogP contribution is -2.30. The van der Waals surface area contributed by atoms with E-state index in [4.69, 9.17) is 0 Å². The summed E-state index contributed by atoms with van der Waals surface area (Å²) in [5.41, 5.74) is 0.259. The maximum Gasteiger partial charge on any atom is 0.471 e. The van der Waals surface area contributed by atoms with Gasteiger partial charge in [0.2, 0.25) is 0 Å². The van der Waals surface area contributed by atoms with E-state index in [2.05, 4.69) is 16.8 Å². The van der Waals surface area contributed by atoms with Gasteiger partial charge in [-0.1, -0.05) is 18.8 Å². The number of nitrogens with one attached hydrogen (secondary N) is 1. The highest BCUT2D eigenvalue weighted by atomic mass is 19.4. The molecule has 0 aliphatic rings. The molecule has 0 unspecified atom stereocenters. The van der Waals surface area contributed by atoms with Crippen LogP contribution in [0.1, 0.15) is 18.9 Å². The van der Waals surface area contributed by atoms with Gasteiger partial charge < -0.3 is 5.32 Å². The molecule has 3 nitrogen and oxygen atoms in total. The van der Waals surface area contributed by atoms with Crippen molar-refractivity contribution in [2.45, 2.75) is 19.5 Å². The summed E-state index contributed by atoms with van der Waals surface area (Å²) in [6.07, 6.45) is -1.78. The van der Waals surface area contributed by atoms with Crippen LogP contribution < -0.4 is 5.32 Å². The van der Waals surface area contributed by atoms with Gasteiger partial charge in [-0.2, -0.15) is 13.2 Å². The van der Waals surface area contributed by atoms with Crippen LogP contribution in [0.5, 0.6) is 0 Å². The van der Waals surface area contributed by atoms with E-state index in [0.29, 0.717) is 6.42 Å². The first-order valence-corrected chi connectivity index (χ1v) is 4.76. The summed E-state index contributed by atoms with van der Waals surface area (Å²) in [7, 11) is 0. The number of rotatable bonds is 1. The Bertz CT molecular complexity index is 472. The first-order chi connectivity index (χ1) is 7.95. The Morgan fingerprint density at radius 2 is 2.24 bits per heavy atom. The first kappa shape index (κ1) is 13.0. The molecular weight excluding hydrogens is 233 g/mol. The average Bonchev–Trinajstić information content (AvgIpc) is 2.26. The highest BCUT2D eigenvalue weighted by Gasteiger charge is 2.38. The van der Waals surface area contributed by atoms with E-state index in [1.807, 2.05) is 0 Å². The Kier molecular flexibility index (Phi) is 4.10. The van der Waals surface area contributed by atoms with E-state index >= 15 is 0 Å². The summed E-state index contributed by atoms with van der Waals surface area (Å²) in [5.74, 6) is 3.29. The fourth-order valence-corrected chi connectivity index (χ4v) is 0.980. The Labute approximate surface area is 96.0 Å². The zero-order valence-corrected chi connectivity index (χ0v) is 8.93. The minimum absolute atomic E-state index is 0.00303. The molecule has 1 aromatic rings. The van der Waals surface area contributed by atoms with Crippen molar-refractivity contribution in [3.63, 3.8) is 0 Å². The van der Waals surface area contributed by atoms with E-state index in [9.17, 15) is 18.0 Å². The Morgan fingerprint density at radius 1 is 1.53 bits per heavy atom. The Hall–Kier alpha value is -2.03. The van der Waals surface area contributed by atoms with Crippen LogP contribution in [0.25, 0.3) is 0 Å². The van der Waals surface area contributed by atoms with E-state index in [0.717, 1.165) is 0 Å². The number of hydrogen-bond donors (Lipinski definition) is 1. The van der Waals surface area contributed by atoms with E-state index in [1.54, 1.807) is 12.2 Å². The van der Waals surface area contributed by atoms with E-state index in [-0.39, 0.29) is 11.3 Å². The maximum absolute atomic E-state index is 12.1. The van der Waals surface area contributed by atoms with Crippen LogP contribution in [0.3, 0.4) is 0 Å². The van der Waals surface area contributed by atoms with Gasteiger partial charge >= 0.3 is 12.1 Å². The van der Waals surface area contributed by atoms with Gasteiger partial charge in [-0.3, -0.25) is 9.78 Å². The van der Waals surface area contributed by atoms with E-state index < -0.39 is 12.1 Å². The molecule has 0 aliphatic carbocycles. The molecule has 0 aliphatic heterocycles. The van der Waals surface area contributed by atoms with Gasteiger partial charge in [0.1, 0.15) is 0 Å². The smallest absolute Gasteiger partial charge is 0.317 e. The molecule has 0 bridgehead atoms. The van der Waals surface area contributed by atoms with Crippen molar-refractivity contribution in [3.8, 4) is 11.8 Å². The van der Waals surface area contributed by atoms with Crippen molar-refractivity contribution in [1.82, 2.24) is 4.98 Å². The van der Waals surface area contributed by atoms with E-state index in [1.165, 1.54) is 18.5 Å². The van der Waals surface area contributed by atoms with Gasteiger partial charge in [0.15, 0.2) is 0 Å². The fourth-order valence-electron chi connectivity index (χ4n) is 0.980. The summed E-state index contributed by atoms with van der Waals surface area (Å²) in [5, 5.41) is 1.75. The molecule has 0 saturated heterocycles. The molecule has 90 valence electrons. The van der Waals surface area contributed by atoms with Crippen LogP contribution >= 0.6 is 0 Å². The van der Waals surface area contributed by atoms with Gasteiger partial charge in [-0.25, -0.2) is 0 Å². The Morgan fingerprint density at radius 3 is 2.82 bits per heavy atom. The minimum Gasteiger partial charge on any atom is -0.317 e. The second-order valence-electron chi connectivity index (χ2n) is 3.03. The van der Waals surface area contributed by atoms with Gasteiger partial charge in [0, 0.05) is 18.8 Å². The number of anilines is 1. The van der Waals surface area contributed by atoms with Gasteiger partial charge in [0.05, 0.1) is 11.3 Å². The topological polar surface area (TPSA) is 42.0 Å². The number of halogens is 3. The molecule has 0 fully saturated rings. The summed E-state index contributed by atoms with van der Waals surface area (Å²) in [4.78, 5) is 14.5. The third-order valence-corrected chi connectivity index (χ3v) is 1.73. The van der Waals surface area contributed by atoms with Crippen molar-refractivity contribution in [2.24, 2.45) is 0 Å². The standard InChI is InChI=1S/C11H9F3N2O/c1-2-3-4-8-7-15-6-5-9(8)16-10(17)11(12,13)14/h5-7H,2H2,1H3,(H,15,16,17). The summed E-state index contributed by atoms with van der Waals surface area (Å²) in [6.45, 7) is 1.80. The molecule has 0 saturated carbocycles. The average molecular weight is 242 g/mol. The molecule has 0 radical (unpaired) electrons. The summed E-state index contributed by atoms with van der Waals surface area (Å²) in [6, 6.07) is 1.27. The number of pyridine rings is 1. The molecule has 1 rings (SSSR count). The predicted molar refractivity (Wildman–Crippen MR) is 56.1 cm³/mol. The molecule has 0 spiro atoms. The van der Waals surface area contributed by atoms with Crippen LogP contribution in [0.2, 0.25) is 0 Å². The molecule has 6 heteroatoms. The monoisotopic (exact) mass is 242 g/mol. The number of aromatic nitrogens is 1. The van der Waals surface area contributed by atoms with Crippen molar-refractivity contribution >= 4 is 11.6 Å². The normalized spacial score (nSPS) is 10.4. The Balaban J connectivity index is 2.95. The predicted octanol–water partition coefficient (Wildman–Crippen LogP) is 2.34. The maximum atomic E-state index is 12.1. The van der Waals surface area contributed by atoms with Gasteiger partial charge in [-0.05, 0) is 6.07 Å². The van der Waals surface area contributed by atoms with Crippen molar-refractivity contribution < 1.29 is 18.0 Å². The van der Waals surface area contributed by atoms with Crippen molar-refractivity contribution in [2.75, 3.05) is 5.32 Å². The number of amides is 1. The number of alkyl halides is 3. The molecule has 17 heavy (non-hydrogen) atoms. The minimum atomic E-state index is -4.92. The summed E-state index contributed by atoms with van der Waals surface area (Å²) >= 11 is 0. The fraction of sp³-hybridized carbons (Fsp3) is 0.273. The highest BCUT2D eigenvalue weighted by Crippen LogP contribution is 2.19. The largest absolute Gasteiger partial charge is 0.471 e. The number of nitrogens with zero attached hydrogens (tertiary/aromatic N) is 1. The van der Waals surface area contributed by atoms with Crippen LogP contribution in [-0.2, 0) is 4.79 Å². The lowest BCUT2D eigenvalue weighted by molar-refractivity contribution is -0.167. The second-order valence-corrected chi connectivity index (χ2v) is 3.03. The molecular formula is C11H9F3N2O. The molecule has 0 atom stereocenters. The molecule has 0 aromatic carbocycles. The molecule has 1 N–H and O–H groups in total. The number of carbonyl (C=O) groups excluding carboxylic acids is 1. The summed E-state index contributed by atoms with van der Waals surface area (Å²) < 4.78 is 36.2. The van der Waals surface area contributed by atoms with Crippen molar-refractivity contribution in [3.05, 3.63) is 24.0 Å². The quantitative estimate of drug-likeness (QED) is 0.768. The number of carbonyl (C=O) groups is 1. The van der Waals surface area contributed by atoms with Crippen LogP contribution in [0.4, 0.5) is 18.9 Å². The van der Waals surface area contributed by atoms with Crippen molar-refractivity contribution in [1.29, 1.82) is 0 Å². The van der Waals surface area contributed by atoms with Gasteiger partial charge in [-0.15, -0.1) is 0 Å². The lowest BCUT2D eigenvalue weighted by atomic mass is 10.2. The zero-order valence-electron chi connectivity index (χ0n) is 8.93. The van der Waals surface area contributed by atoms with Gasteiger partial charge in [0.25, 0.3) is 0 Å². The van der Waals surface area contributed by atoms with Crippen LogP contribution in [0, 0.1) is 11.8 Å². The van der Waals surface area contributed by atoms with Crippen LogP contribution in [-0.4, -0.2) is 17.1 Å². The SMILES string of the molecule is CCC#Cc1cnccc1NC(=O)C(F)(F)F. The molecule has 1 amide bonds. The lowest BCUT2D eigenvalue weighted by Gasteiger charge is -2.08. The number of hydrogen-bond acceptors (Lipinski definition) is 2. The first-order valence-electron chi connectivity index (χ1n) is 4.76.